The van der Waals surface area contributed by atoms with Crippen molar-refractivity contribution in [3.63, 3.8) is 0 Å². The molecule has 19 heavy (non-hydrogen) atoms. The molecule has 0 atom stereocenters. The largest absolute Gasteiger partial charge is 0.329 e. The fraction of sp³-hybridized carbons (Fsp3) is 0.562. The minimum Gasteiger partial charge on any atom is -0.329 e. The monoisotopic (exact) mass is 279 g/mol. The van der Waals surface area contributed by atoms with E-state index in [-0.39, 0.29) is 11.2 Å². The third kappa shape index (κ3) is 2.85. The molecular weight excluding hydrogens is 258 g/mol. The Bertz CT molecular complexity index is 476. The first kappa shape index (κ1) is 14.5. The molecule has 0 spiro atoms. The van der Waals surface area contributed by atoms with Crippen LogP contribution in [0.5, 0.6) is 0 Å². The molecule has 1 aromatic rings. The first-order valence-electron chi connectivity index (χ1n) is 6.99. The van der Waals surface area contributed by atoms with Crippen LogP contribution in [0.1, 0.15) is 48.5 Å². The number of hydrogen-bond donors (Lipinski definition) is 1. The van der Waals surface area contributed by atoms with Crippen molar-refractivity contribution in [3.8, 4) is 0 Å². The van der Waals surface area contributed by atoms with Crippen molar-refractivity contribution in [3.05, 3.63) is 34.3 Å². The van der Waals surface area contributed by atoms with Gasteiger partial charge in [0, 0.05) is 22.5 Å². The molecule has 0 aliphatic heterocycles. The third-order valence-corrected chi connectivity index (χ3v) is 4.95. The maximum Gasteiger partial charge on any atom is 0.170 e. The second kappa shape index (κ2) is 5.64. The molecule has 2 nitrogen and oxygen atoms in total. The summed E-state index contributed by atoms with van der Waals surface area (Å²) in [4.78, 5) is 12.8. The van der Waals surface area contributed by atoms with Crippen LogP contribution in [-0.4, -0.2) is 12.3 Å². The van der Waals surface area contributed by atoms with Crippen LogP contribution in [0.25, 0.3) is 0 Å². The summed E-state index contributed by atoms with van der Waals surface area (Å²) in [6.07, 6.45) is 3.97. The molecule has 104 valence electrons. The Morgan fingerprint density at radius 3 is 2.58 bits per heavy atom. The van der Waals surface area contributed by atoms with Gasteiger partial charge >= 0.3 is 0 Å². The number of carbonyl (C=O) groups excluding carboxylic acids is 1. The van der Waals surface area contributed by atoms with E-state index >= 15 is 0 Å². The molecule has 1 aromatic carbocycles. The van der Waals surface area contributed by atoms with Gasteiger partial charge in [-0.15, -0.1) is 0 Å². The fourth-order valence-corrected chi connectivity index (χ4v) is 3.06. The molecule has 0 radical (unpaired) electrons. The zero-order valence-electron chi connectivity index (χ0n) is 11.7. The normalized spacial score (nSPS) is 27.3. The molecule has 0 heterocycles. The highest BCUT2D eigenvalue weighted by Crippen LogP contribution is 2.40. The maximum atomic E-state index is 12.8. The molecule has 0 aromatic heterocycles. The number of rotatable bonds is 3. The van der Waals surface area contributed by atoms with Gasteiger partial charge in [-0.05, 0) is 50.2 Å². The number of Topliss-reactive ketones (excluding diaryl/α,β-unsaturated/α-hetero) is 1. The molecule has 1 saturated carbocycles. The van der Waals surface area contributed by atoms with Gasteiger partial charge in [0.1, 0.15) is 0 Å². The van der Waals surface area contributed by atoms with Crippen LogP contribution in [0.15, 0.2) is 18.2 Å². The van der Waals surface area contributed by atoms with Crippen molar-refractivity contribution in [2.75, 3.05) is 6.54 Å². The molecule has 1 fully saturated rings. The van der Waals surface area contributed by atoms with Crippen LogP contribution in [-0.2, 0) is 0 Å². The molecule has 0 unspecified atom stereocenters. The van der Waals surface area contributed by atoms with E-state index in [0.717, 1.165) is 31.2 Å². The van der Waals surface area contributed by atoms with Gasteiger partial charge < -0.3 is 5.73 Å². The fourth-order valence-electron chi connectivity index (χ4n) is 2.88. The Kier molecular flexibility index (Phi) is 4.32. The van der Waals surface area contributed by atoms with Crippen LogP contribution in [0, 0.1) is 18.3 Å². The lowest BCUT2D eigenvalue weighted by molar-refractivity contribution is 0.0695. The molecule has 0 saturated heterocycles. The summed E-state index contributed by atoms with van der Waals surface area (Å²) in [5.41, 5.74) is 7.27. The van der Waals surface area contributed by atoms with Crippen molar-refractivity contribution >= 4 is 17.4 Å². The van der Waals surface area contributed by atoms with E-state index in [0.29, 0.717) is 23.0 Å². The van der Waals surface area contributed by atoms with E-state index in [9.17, 15) is 4.79 Å². The number of hydrogen-bond acceptors (Lipinski definition) is 2. The Hall–Kier alpha value is -0.860. The van der Waals surface area contributed by atoms with Crippen LogP contribution in [0.3, 0.4) is 0 Å². The van der Waals surface area contributed by atoms with Crippen molar-refractivity contribution in [1.82, 2.24) is 0 Å². The van der Waals surface area contributed by atoms with E-state index in [4.69, 9.17) is 17.3 Å². The van der Waals surface area contributed by atoms with E-state index in [1.165, 1.54) is 0 Å². The second-order valence-corrected chi connectivity index (χ2v) is 6.37. The minimum absolute atomic E-state index is 0.170. The Balaban J connectivity index is 2.28. The van der Waals surface area contributed by atoms with E-state index in [1.54, 1.807) is 6.07 Å². The number of aryl methyl sites for hydroxylation is 1. The maximum absolute atomic E-state index is 12.8. The zero-order valence-corrected chi connectivity index (χ0v) is 12.5. The standard InChI is InChI=1S/C16H22ClNO/c1-11-5-7-16(10-18,8-6-11)15(19)13-4-3-12(2)14(17)9-13/h3-4,9,11H,5-8,10,18H2,1-2H3. The van der Waals surface area contributed by atoms with Gasteiger partial charge in [-0.25, -0.2) is 0 Å². The summed E-state index contributed by atoms with van der Waals surface area (Å²) in [7, 11) is 0. The Morgan fingerprint density at radius 1 is 1.42 bits per heavy atom. The molecule has 2 N–H and O–H groups in total. The summed E-state index contributed by atoms with van der Waals surface area (Å²) < 4.78 is 0. The van der Waals surface area contributed by atoms with Gasteiger partial charge in [-0.2, -0.15) is 0 Å². The van der Waals surface area contributed by atoms with Crippen molar-refractivity contribution in [2.24, 2.45) is 17.1 Å². The number of halogens is 1. The van der Waals surface area contributed by atoms with Crippen LogP contribution in [0.4, 0.5) is 0 Å². The SMILES string of the molecule is Cc1ccc(C(=O)C2(CN)CCC(C)CC2)cc1Cl. The molecule has 0 bridgehead atoms. The van der Waals surface area contributed by atoms with E-state index in [2.05, 4.69) is 6.92 Å². The van der Waals surface area contributed by atoms with E-state index in [1.807, 2.05) is 19.1 Å². The number of carbonyl (C=O) groups is 1. The first-order chi connectivity index (χ1) is 8.98. The highest BCUT2D eigenvalue weighted by molar-refractivity contribution is 6.31. The summed E-state index contributed by atoms with van der Waals surface area (Å²) in [6, 6.07) is 5.57. The number of nitrogens with two attached hydrogens (primary N) is 1. The quantitative estimate of drug-likeness (QED) is 0.850. The first-order valence-corrected chi connectivity index (χ1v) is 7.37. The predicted molar refractivity (Wildman–Crippen MR) is 79.6 cm³/mol. The molecule has 1 aliphatic rings. The highest BCUT2D eigenvalue weighted by Gasteiger charge is 2.40. The smallest absolute Gasteiger partial charge is 0.170 e. The summed E-state index contributed by atoms with van der Waals surface area (Å²) in [5, 5.41) is 0.655. The van der Waals surface area contributed by atoms with Crippen molar-refractivity contribution in [1.29, 1.82) is 0 Å². The lowest BCUT2D eigenvalue weighted by Gasteiger charge is -2.37. The predicted octanol–water partition coefficient (Wildman–Crippen LogP) is 3.99. The topological polar surface area (TPSA) is 43.1 Å². The molecule has 1 aliphatic carbocycles. The highest BCUT2D eigenvalue weighted by atomic mass is 35.5. The zero-order chi connectivity index (χ0) is 14.0. The minimum atomic E-state index is -0.370. The average molecular weight is 280 g/mol. The lowest BCUT2D eigenvalue weighted by Crippen LogP contribution is -2.41. The average Bonchev–Trinajstić information content (AvgIpc) is 2.42. The van der Waals surface area contributed by atoms with Gasteiger partial charge in [0.25, 0.3) is 0 Å². The van der Waals surface area contributed by atoms with E-state index < -0.39 is 0 Å². The Labute approximate surface area is 120 Å². The van der Waals surface area contributed by atoms with Gasteiger partial charge in [0.15, 0.2) is 5.78 Å². The van der Waals surface area contributed by atoms with Crippen molar-refractivity contribution < 1.29 is 4.79 Å². The second-order valence-electron chi connectivity index (χ2n) is 5.96. The number of benzene rings is 1. The summed E-state index contributed by atoms with van der Waals surface area (Å²) in [6.45, 7) is 4.62. The molecular formula is C16H22ClNO. The van der Waals surface area contributed by atoms with Crippen LogP contribution in [0.2, 0.25) is 5.02 Å². The summed E-state index contributed by atoms with van der Waals surface area (Å²) >= 11 is 6.13. The van der Waals surface area contributed by atoms with Gasteiger partial charge in [0.05, 0.1) is 0 Å². The van der Waals surface area contributed by atoms with Gasteiger partial charge in [-0.3, -0.25) is 4.79 Å². The lowest BCUT2D eigenvalue weighted by atomic mass is 9.67. The van der Waals surface area contributed by atoms with Crippen LogP contribution >= 0.6 is 11.6 Å². The molecule has 2 rings (SSSR count). The van der Waals surface area contributed by atoms with Gasteiger partial charge in [-0.1, -0.05) is 30.7 Å². The third-order valence-electron chi connectivity index (χ3n) is 4.54. The van der Waals surface area contributed by atoms with Crippen LogP contribution < -0.4 is 5.73 Å². The van der Waals surface area contributed by atoms with Crippen molar-refractivity contribution in [2.45, 2.75) is 39.5 Å². The van der Waals surface area contributed by atoms with Gasteiger partial charge in [0.2, 0.25) is 0 Å². The number of ketones is 1. The Morgan fingerprint density at radius 2 is 2.05 bits per heavy atom. The summed E-state index contributed by atoms with van der Waals surface area (Å²) in [5.74, 6) is 0.873. The molecule has 3 heteroatoms. The molecule has 0 amide bonds.